The number of nitrogens with one attached hydrogen (secondary N) is 1. The van der Waals surface area contributed by atoms with Gasteiger partial charge in [-0.3, -0.25) is 0 Å². The summed E-state index contributed by atoms with van der Waals surface area (Å²) in [4.78, 5) is 10.2. The van der Waals surface area contributed by atoms with Crippen LogP contribution < -0.4 is 5.32 Å². The number of carbonyl (C=O) groups is 1. The highest BCUT2D eigenvalue weighted by Crippen LogP contribution is 2.25. The van der Waals surface area contributed by atoms with Crippen molar-refractivity contribution in [3.05, 3.63) is 58.2 Å². The zero-order valence-electron chi connectivity index (χ0n) is 16.0. The molecule has 1 atom stereocenters. The van der Waals surface area contributed by atoms with Crippen molar-refractivity contribution in [3.63, 3.8) is 0 Å². The Labute approximate surface area is 178 Å². The molecule has 0 fully saturated rings. The second kappa shape index (κ2) is 9.98. The monoisotopic (exact) mass is 458 g/mol. The number of thiophene rings is 1. The Bertz CT molecular complexity index is 1010. The molecule has 7 nitrogen and oxygen atoms in total. The fourth-order valence-electron chi connectivity index (χ4n) is 2.82. The number of fused-ring (bicyclic) bond motifs is 1. The van der Waals surface area contributed by atoms with Gasteiger partial charge in [-0.05, 0) is 23.6 Å². The van der Waals surface area contributed by atoms with Crippen LogP contribution in [0.25, 0.3) is 11.3 Å². The van der Waals surface area contributed by atoms with Crippen molar-refractivity contribution in [1.29, 1.82) is 0 Å². The maximum absolute atomic E-state index is 13.4. The van der Waals surface area contributed by atoms with Gasteiger partial charge in [-0.15, -0.1) is 16.4 Å². The second-order valence-electron chi connectivity index (χ2n) is 6.52. The van der Waals surface area contributed by atoms with Gasteiger partial charge in [-0.2, -0.15) is 13.2 Å². The number of ether oxygens (including phenoxy) is 1. The highest BCUT2D eigenvalue weighted by atomic mass is 32.1. The van der Waals surface area contributed by atoms with E-state index in [4.69, 9.17) is 14.6 Å². The maximum Gasteiger partial charge on any atom is 0.490 e. The lowest BCUT2D eigenvalue weighted by Crippen LogP contribution is -2.36. The first-order valence-corrected chi connectivity index (χ1v) is 9.95. The lowest BCUT2D eigenvalue weighted by molar-refractivity contribution is -0.192. The van der Waals surface area contributed by atoms with E-state index in [0.717, 1.165) is 24.3 Å². The smallest absolute Gasteiger partial charge is 0.475 e. The van der Waals surface area contributed by atoms with E-state index in [0.29, 0.717) is 18.8 Å². The van der Waals surface area contributed by atoms with Crippen molar-refractivity contribution in [1.82, 2.24) is 20.3 Å². The van der Waals surface area contributed by atoms with Crippen LogP contribution in [0, 0.1) is 5.82 Å². The standard InChI is InChI=1S/C17H17FN4OS.C2HF3O2/c18-13-4-1-3-12(7-13)17-16-11-23-14(10-22(16)21-20-17)8-19-9-15-5-2-6-24-15;3-2(4,5)1(6)7/h1-7,14,19H,8-11H2;(H,6,7). The van der Waals surface area contributed by atoms with E-state index in [-0.39, 0.29) is 11.9 Å². The molecule has 0 bridgehead atoms. The molecular formula is C19H18F4N4O3S. The van der Waals surface area contributed by atoms with Gasteiger partial charge in [0.05, 0.1) is 24.9 Å². The summed E-state index contributed by atoms with van der Waals surface area (Å²) < 4.78 is 52.9. The van der Waals surface area contributed by atoms with Crippen molar-refractivity contribution in [2.45, 2.75) is 32.0 Å². The first kappa shape index (κ1) is 22.8. The number of alkyl halides is 3. The SMILES string of the molecule is Fc1cccc(-c2nnn3c2COC(CNCc2cccs2)C3)c1.O=C(O)C(F)(F)F. The van der Waals surface area contributed by atoms with Crippen molar-refractivity contribution in [2.75, 3.05) is 6.54 Å². The van der Waals surface area contributed by atoms with E-state index in [2.05, 4.69) is 33.1 Å². The molecule has 3 aromatic rings. The van der Waals surface area contributed by atoms with Crippen molar-refractivity contribution < 1.29 is 32.2 Å². The number of nitrogens with zero attached hydrogens (tertiary/aromatic N) is 3. The van der Waals surface area contributed by atoms with Gasteiger partial charge < -0.3 is 15.2 Å². The average Bonchev–Trinajstić information content (AvgIpc) is 3.37. The molecule has 1 aliphatic rings. The summed E-state index contributed by atoms with van der Waals surface area (Å²) in [6.07, 6.45) is -5.03. The fraction of sp³-hybridized carbons (Fsp3) is 0.316. The molecule has 1 aliphatic heterocycles. The van der Waals surface area contributed by atoms with Crippen molar-refractivity contribution in [2.24, 2.45) is 0 Å². The molecule has 12 heteroatoms. The summed E-state index contributed by atoms with van der Waals surface area (Å²) in [5.74, 6) is -3.03. The Morgan fingerprint density at radius 1 is 1.32 bits per heavy atom. The van der Waals surface area contributed by atoms with Gasteiger partial charge in [0.2, 0.25) is 0 Å². The fourth-order valence-corrected chi connectivity index (χ4v) is 3.49. The Morgan fingerprint density at radius 3 is 2.74 bits per heavy atom. The summed E-state index contributed by atoms with van der Waals surface area (Å²) >= 11 is 1.74. The quantitative estimate of drug-likeness (QED) is 0.570. The van der Waals surface area contributed by atoms with Crippen molar-refractivity contribution >= 4 is 17.3 Å². The molecule has 31 heavy (non-hydrogen) atoms. The summed E-state index contributed by atoms with van der Waals surface area (Å²) in [7, 11) is 0. The van der Waals surface area contributed by atoms with Crippen LogP contribution in [-0.2, 0) is 29.2 Å². The molecule has 1 aromatic carbocycles. The van der Waals surface area contributed by atoms with Crippen LogP contribution in [0.4, 0.5) is 17.6 Å². The number of rotatable bonds is 5. The van der Waals surface area contributed by atoms with Crippen LogP contribution in [0.2, 0.25) is 0 Å². The summed E-state index contributed by atoms with van der Waals surface area (Å²) in [5.41, 5.74) is 2.32. The van der Waals surface area contributed by atoms with Crippen LogP contribution in [0.3, 0.4) is 0 Å². The van der Waals surface area contributed by atoms with Gasteiger partial charge in [-0.1, -0.05) is 23.4 Å². The van der Waals surface area contributed by atoms with Gasteiger partial charge in [0.1, 0.15) is 11.5 Å². The average molecular weight is 458 g/mol. The number of aromatic nitrogens is 3. The van der Waals surface area contributed by atoms with Crippen LogP contribution in [0.1, 0.15) is 10.6 Å². The van der Waals surface area contributed by atoms with Crippen LogP contribution in [-0.4, -0.2) is 44.9 Å². The van der Waals surface area contributed by atoms with E-state index in [1.807, 2.05) is 10.7 Å². The van der Waals surface area contributed by atoms with Crippen molar-refractivity contribution in [3.8, 4) is 11.3 Å². The first-order chi connectivity index (χ1) is 14.7. The lowest BCUT2D eigenvalue weighted by atomic mass is 10.1. The third-order valence-electron chi connectivity index (χ3n) is 4.26. The number of halogens is 4. The minimum atomic E-state index is -5.08. The Morgan fingerprint density at radius 2 is 2.10 bits per heavy atom. The van der Waals surface area contributed by atoms with E-state index < -0.39 is 12.1 Å². The number of hydrogen-bond donors (Lipinski definition) is 2. The molecule has 0 aliphatic carbocycles. The van der Waals surface area contributed by atoms with E-state index in [1.54, 1.807) is 17.4 Å². The van der Waals surface area contributed by atoms with E-state index >= 15 is 0 Å². The molecule has 0 radical (unpaired) electrons. The topological polar surface area (TPSA) is 89.3 Å². The Hall–Kier alpha value is -2.83. The molecular weight excluding hydrogens is 440 g/mol. The predicted octanol–water partition coefficient (Wildman–Crippen LogP) is 3.47. The molecule has 4 rings (SSSR count). The highest BCUT2D eigenvalue weighted by Gasteiger charge is 2.38. The van der Waals surface area contributed by atoms with Crippen LogP contribution in [0.15, 0.2) is 41.8 Å². The van der Waals surface area contributed by atoms with Gasteiger partial charge in [-0.25, -0.2) is 13.9 Å². The normalized spacial score (nSPS) is 15.7. The Kier molecular flexibility index (Phi) is 7.36. The number of benzene rings is 1. The highest BCUT2D eigenvalue weighted by molar-refractivity contribution is 7.09. The second-order valence-corrected chi connectivity index (χ2v) is 7.56. The molecule has 3 heterocycles. The van der Waals surface area contributed by atoms with Gasteiger partial charge in [0.15, 0.2) is 0 Å². The number of aliphatic carboxylic acids is 1. The Balaban J connectivity index is 0.000000339. The largest absolute Gasteiger partial charge is 0.490 e. The number of carboxylic acids is 1. The molecule has 0 saturated carbocycles. The number of carboxylic acid groups (broad SMARTS) is 1. The molecule has 2 aromatic heterocycles. The summed E-state index contributed by atoms with van der Waals surface area (Å²) in [6.45, 7) is 2.68. The molecule has 2 N–H and O–H groups in total. The molecule has 0 amide bonds. The minimum absolute atomic E-state index is 0.0551. The summed E-state index contributed by atoms with van der Waals surface area (Å²) in [5, 5.41) is 21.0. The zero-order valence-corrected chi connectivity index (χ0v) is 16.8. The first-order valence-electron chi connectivity index (χ1n) is 9.07. The van der Waals surface area contributed by atoms with E-state index in [1.165, 1.54) is 17.0 Å². The van der Waals surface area contributed by atoms with Gasteiger partial charge in [0.25, 0.3) is 0 Å². The maximum atomic E-state index is 13.4. The predicted molar refractivity (Wildman–Crippen MR) is 104 cm³/mol. The summed E-state index contributed by atoms with van der Waals surface area (Å²) in [6, 6.07) is 10.6. The third kappa shape index (κ3) is 6.32. The van der Waals surface area contributed by atoms with E-state index in [9.17, 15) is 17.6 Å². The minimum Gasteiger partial charge on any atom is -0.475 e. The van der Waals surface area contributed by atoms with Gasteiger partial charge >= 0.3 is 12.1 Å². The van der Waals surface area contributed by atoms with Gasteiger partial charge in [0, 0.05) is 23.5 Å². The molecule has 166 valence electrons. The lowest BCUT2D eigenvalue weighted by Gasteiger charge is -2.24. The number of hydrogen-bond acceptors (Lipinski definition) is 6. The van der Waals surface area contributed by atoms with Crippen LogP contribution >= 0.6 is 11.3 Å². The third-order valence-corrected chi connectivity index (χ3v) is 5.14. The van der Waals surface area contributed by atoms with Crippen LogP contribution in [0.5, 0.6) is 0 Å². The molecule has 0 saturated heterocycles. The molecule has 0 spiro atoms. The molecule has 1 unspecified atom stereocenters. The zero-order chi connectivity index (χ0) is 22.4.